The van der Waals surface area contributed by atoms with Crippen molar-refractivity contribution in [1.82, 2.24) is 9.97 Å². The minimum absolute atomic E-state index is 0.0602. The van der Waals surface area contributed by atoms with E-state index in [1.54, 1.807) is 6.20 Å². The maximum absolute atomic E-state index is 10.6. The minimum Gasteiger partial charge on any atom is -0.481 e. The van der Waals surface area contributed by atoms with Crippen LogP contribution < -0.4 is 0 Å². The van der Waals surface area contributed by atoms with Gasteiger partial charge in [0, 0.05) is 17.5 Å². The SMILES string of the molecule is CC(CC(=O)O)c1nc(-c2ccccn2)cs1. The molecule has 0 radical (unpaired) electrons. The van der Waals surface area contributed by atoms with E-state index in [0.717, 1.165) is 16.4 Å². The first-order chi connectivity index (χ1) is 8.16. The van der Waals surface area contributed by atoms with Crippen LogP contribution in [0.1, 0.15) is 24.3 Å². The fourth-order valence-corrected chi connectivity index (χ4v) is 2.37. The van der Waals surface area contributed by atoms with Gasteiger partial charge in [-0.05, 0) is 12.1 Å². The number of rotatable bonds is 4. The van der Waals surface area contributed by atoms with Crippen molar-refractivity contribution in [2.45, 2.75) is 19.3 Å². The Balaban J connectivity index is 2.19. The highest BCUT2D eigenvalue weighted by Gasteiger charge is 2.14. The third-order valence-electron chi connectivity index (χ3n) is 2.35. The van der Waals surface area contributed by atoms with E-state index in [1.807, 2.05) is 30.5 Å². The van der Waals surface area contributed by atoms with E-state index in [-0.39, 0.29) is 12.3 Å². The van der Waals surface area contributed by atoms with Crippen LogP contribution in [0, 0.1) is 0 Å². The Labute approximate surface area is 103 Å². The maximum Gasteiger partial charge on any atom is 0.304 e. The molecule has 4 nitrogen and oxygen atoms in total. The van der Waals surface area contributed by atoms with Crippen molar-refractivity contribution < 1.29 is 9.90 Å². The lowest BCUT2D eigenvalue weighted by Crippen LogP contribution is -2.02. The smallest absolute Gasteiger partial charge is 0.304 e. The maximum atomic E-state index is 10.6. The average Bonchev–Trinajstić information content (AvgIpc) is 2.78. The molecule has 2 aromatic heterocycles. The van der Waals surface area contributed by atoms with Crippen LogP contribution in [0.5, 0.6) is 0 Å². The number of hydrogen-bond donors (Lipinski definition) is 1. The molecule has 2 aromatic rings. The molecule has 0 aliphatic rings. The Morgan fingerprint density at radius 3 is 2.94 bits per heavy atom. The number of nitrogens with zero attached hydrogens (tertiary/aromatic N) is 2. The number of carboxylic acids is 1. The quantitative estimate of drug-likeness (QED) is 0.903. The molecule has 0 amide bonds. The van der Waals surface area contributed by atoms with Gasteiger partial charge in [0.05, 0.1) is 22.8 Å². The number of carboxylic acid groups (broad SMARTS) is 1. The van der Waals surface area contributed by atoms with Crippen LogP contribution in [-0.2, 0) is 4.79 Å². The normalized spacial score (nSPS) is 12.3. The zero-order valence-electron chi connectivity index (χ0n) is 9.33. The molecular formula is C12H12N2O2S. The number of aromatic nitrogens is 2. The first-order valence-electron chi connectivity index (χ1n) is 5.25. The largest absolute Gasteiger partial charge is 0.481 e. The predicted molar refractivity (Wildman–Crippen MR) is 66.0 cm³/mol. The van der Waals surface area contributed by atoms with Crippen LogP contribution in [-0.4, -0.2) is 21.0 Å². The second kappa shape index (κ2) is 5.05. The molecule has 88 valence electrons. The number of thiazole rings is 1. The summed E-state index contributed by atoms with van der Waals surface area (Å²) in [7, 11) is 0. The van der Waals surface area contributed by atoms with Gasteiger partial charge in [-0.15, -0.1) is 11.3 Å². The van der Waals surface area contributed by atoms with Crippen LogP contribution in [0.25, 0.3) is 11.4 Å². The first kappa shape index (κ1) is 11.7. The van der Waals surface area contributed by atoms with E-state index >= 15 is 0 Å². The summed E-state index contributed by atoms with van der Waals surface area (Å²) >= 11 is 1.48. The van der Waals surface area contributed by atoms with Crippen LogP contribution in [0.2, 0.25) is 0 Å². The van der Waals surface area contributed by atoms with Crippen molar-refractivity contribution in [3.05, 3.63) is 34.8 Å². The molecule has 1 unspecified atom stereocenters. The van der Waals surface area contributed by atoms with Gasteiger partial charge in [0.2, 0.25) is 0 Å². The highest BCUT2D eigenvalue weighted by molar-refractivity contribution is 7.10. The van der Waals surface area contributed by atoms with Crippen molar-refractivity contribution in [1.29, 1.82) is 0 Å². The molecule has 2 heterocycles. The second-order valence-corrected chi connectivity index (χ2v) is 4.67. The fraction of sp³-hybridized carbons (Fsp3) is 0.250. The highest BCUT2D eigenvalue weighted by Crippen LogP contribution is 2.26. The topological polar surface area (TPSA) is 63.1 Å². The third kappa shape index (κ3) is 2.88. The standard InChI is InChI=1S/C12H12N2O2S/c1-8(6-11(15)16)12-14-10(7-17-12)9-4-2-3-5-13-9/h2-5,7-8H,6H2,1H3,(H,15,16). The van der Waals surface area contributed by atoms with Gasteiger partial charge in [-0.1, -0.05) is 13.0 Å². The lowest BCUT2D eigenvalue weighted by Gasteiger charge is -2.03. The summed E-state index contributed by atoms with van der Waals surface area (Å²) in [6.07, 6.45) is 1.82. The Kier molecular flexibility index (Phi) is 3.49. The molecule has 0 bridgehead atoms. The summed E-state index contributed by atoms with van der Waals surface area (Å²) in [5, 5.41) is 11.5. The zero-order valence-corrected chi connectivity index (χ0v) is 10.1. The monoisotopic (exact) mass is 248 g/mol. The fourth-order valence-electron chi connectivity index (χ4n) is 1.50. The predicted octanol–water partition coefficient (Wildman–Crippen LogP) is 2.78. The summed E-state index contributed by atoms with van der Waals surface area (Å²) in [4.78, 5) is 19.3. The Morgan fingerprint density at radius 2 is 2.29 bits per heavy atom. The van der Waals surface area contributed by atoms with E-state index in [4.69, 9.17) is 5.11 Å². The van der Waals surface area contributed by atoms with E-state index < -0.39 is 5.97 Å². The van der Waals surface area contributed by atoms with Crippen LogP contribution in [0.3, 0.4) is 0 Å². The minimum atomic E-state index is -0.799. The summed E-state index contributed by atoms with van der Waals surface area (Å²) in [6.45, 7) is 1.87. The summed E-state index contributed by atoms with van der Waals surface area (Å²) in [6, 6.07) is 5.65. The van der Waals surface area contributed by atoms with Crippen molar-refractivity contribution in [2.24, 2.45) is 0 Å². The number of carbonyl (C=O) groups is 1. The molecule has 1 atom stereocenters. The van der Waals surface area contributed by atoms with Crippen molar-refractivity contribution in [2.75, 3.05) is 0 Å². The van der Waals surface area contributed by atoms with Gasteiger partial charge in [0.1, 0.15) is 0 Å². The van der Waals surface area contributed by atoms with Crippen molar-refractivity contribution >= 4 is 17.3 Å². The molecule has 0 spiro atoms. The molecule has 0 saturated carbocycles. The Hall–Kier alpha value is -1.75. The molecule has 0 aromatic carbocycles. The number of pyridine rings is 1. The molecule has 17 heavy (non-hydrogen) atoms. The van der Waals surface area contributed by atoms with Gasteiger partial charge in [0.15, 0.2) is 0 Å². The number of hydrogen-bond acceptors (Lipinski definition) is 4. The summed E-state index contributed by atoms with van der Waals surface area (Å²) in [5.41, 5.74) is 1.63. The van der Waals surface area contributed by atoms with Gasteiger partial charge < -0.3 is 5.11 Å². The van der Waals surface area contributed by atoms with E-state index in [9.17, 15) is 4.79 Å². The summed E-state index contributed by atoms with van der Waals surface area (Å²) in [5.74, 6) is -0.859. The van der Waals surface area contributed by atoms with E-state index in [1.165, 1.54) is 11.3 Å². The van der Waals surface area contributed by atoms with Crippen LogP contribution >= 0.6 is 11.3 Å². The molecule has 0 fully saturated rings. The number of aliphatic carboxylic acids is 1. The molecule has 2 rings (SSSR count). The summed E-state index contributed by atoms with van der Waals surface area (Å²) < 4.78 is 0. The molecule has 0 aliphatic carbocycles. The molecule has 0 saturated heterocycles. The third-order valence-corrected chi connectivity index (χ3v) is 3.43. The van der Waals surface area contributed by atoms with Crippen molar-refractivity contribution in [3.8, 4) is 11.4 Å². The van der Waals surface area contributed by atoms with Crippen molar-refractivity contribution in [3.63, 3.8) is 0 Å². The van der Waals surface area contributed by atoms with Gasteiger partial charge >= 0.3 is 5.97 Å². The van der Waals surface area contributed by atoms with Gasteiger partial charge in [0.25, 0.3) is 0 Å². The van der Waals surface area contributed by atoms with Crippen LogP contribution in [0.4, 0.5) is 0 Å². The molecule has 0 aliphatic heterocycles. The molecule has 1 N–H and O–H groups in total. The average molecular weight is 248 g/mol. The Morgan fingerprint density at radius 1 is 1.47 bits per heavy atom. The Bertz CT molecular complexity index is 510. The lowest BCUT2D eigenvalue weighted by atomic mass is 10.1. The first-order valence-corrected chi connectivity index (χ1v) is 6.13. The van der Waals surface area contributed by atoms with Gasteiger partial charge in [-0.2, -0.15) is 0 Å². The lowest BCUT2D eigenvalue weighted by molar-refractivity contribution is -0.137. The molecule has 5 heteroatoms. The van der Waals surface area contributed by atoms with Gasteiger partial charge in [-0.3, -0.25) is 9.78 Å². The van der Waals surface area contributed by atoms with E-state index in [2.05, 4.69) is 9.97 Å². The van der Waals surface area contributed by atoms with Crippen LogP contribution in [0.15, 0.2) is 29.8 Å². The second-order valence-electron chi connectivity index (χ2n) is 3.78. The highest BCUT2D eigenvalue weighted by atomic mass is 32.1. The van der Waals surface area contributed by atoms with Gasteiger partial charge in [-0.25, -0.2) is 4.98 Å². The molecular weight excluding hydrogens is 236 g/mol. The zero-order chi connectivity index (χ0) is 12.3. The van der Waals surface area contributed by atoms with E-state index in [0.29, 0.717) is 0 Å².